The molecule has 3 heteroatoms. The van der Waals surface area contributed by atoms with Crippen molar-refractivity contribution in [2.45, 2.75) is 13.5 Å². The van der Waals surface area contributed by atoms with Crippen LogP contribution in [0.5, 0.6) is 5.75 Å². The highest BCUT2D eigenvalue weighted by Gasteiger charge is 2.06. The number of hydrogen-bond acceptors (Lipinski definition) is 3. The maximum Gasteiger partial charge on any atom is 0.136 e. The van der Waals surface area contributed by atoms with Crippen molar-refractivity contribution in [3.8, 4) is 17.0 Å². The largest absolute Gasteiger partial charge is 0.506 e. The third kappa shape index (κ3) is 1.90. The second-order valence-electron chi connectivity index (χ2n) is 3.62. The molecular weight excluding hydrogens is 202 g/mol. The fourth-order valence-electron chi connectivity index (χ4n) is 1.61. The molecule has 1 heterocycles. The Morgan fingerprint density at radius 3 is 2.56 bits per heavy atom. The van der Waals surface area contributed by atoms with Gasteiger partial charge in [-0.05, 0) is 24.6 Å². The van der Waals surface area contributed by atoms with Gasteiger partial charge >= 0.3 is 0 Å². The van der Waals surface area contributed by atoms with Gasteiger partial charge in [-0.3, -0.25) is 0 Å². The first-order chi connectivity index (χ1) is 7.72. The number of aliphatic hydroxyl groups is 1. The molecule has 82 valence electrons. The van der Waals surface area contributed by atoms with E-state index in [2.05, 4.69) is 4.98 Å². The van der Waals surface area contributed by atoms with E-state index in [1.807, 2.05) is 24.3 Å². The number of pyridine rings is 1. The molecule has 2 aromatic rings. The van der Waals surface area contributed by atoms with Gasteiger partial charge in [-0.1, -0.05) is 24.3 Å². The van der Waals surface area contributed by atoms with E-state index in [9.17, 15) is 10.2 Å². The van der Waals surface area contributed by atoms with Gasteiger partial charge in [-0.25, -0.2) is 4.98 Å². The third-order valence-electron chi connectivity index (χ3n) is 2.52. The Balaban J connectivity index is 2.54. The maximum atomic E-state index is 9.41. The summed E-state index contributed by atoms with van der Waals surface area (Å²) in [5.74, 6) is 0.185. The average Bonchev–Trinajstić information content (AvgIpc) is 2.32. The van der Waals surface area contributed by atoms with Crippen LogP contribution in [0.3, 0.4) is 0 Å². The Hall–Kier alpha value is -1.87. The lowest BCUT2D eigenvalue weighted by Gasteiger charge is -2.07. The van der Waals surface area contributed by atoms with Crippen LogP contribution < -0.4 is 0 Å². The van der Waals surface area contributed by atoms with E-state index in [1.165, 1.54) is 0 Å². The zero-order valence-electron chi connectivity index (χ0n) is 9.01. The minimum absolute atomic E-state index is 0.0161. The van der Waals surface area contributed by atoms with E-state index in [0.717, 1.165) is 16.8 Å². The lowest BCUT2D eigenvalue weighted by atomic mass is 10.0. The van der Waals surface area contributed by atoms with Crippen molar-refractivity contribution in [1.29, 1.82) is 0 Å². The molecule has 0 saturated carbocycles. The molecule has 16 heavy (non-hydrogen) atoms. The third-order valence-corrected chi connectivity index (χ3v) is 2.52. The zero-order valence-corrected chi connectivity index (χ0v) is 9.01. The molecule has 0 radical (unpaired) electrons. The van der Waals surface area contributed by atoms with Crippen molar-refractivity contribution in [1.82, 2.24) is 4.98 Å². The Kier molecular flexibility index (Phi) is 2.88. The predicted octanol–water partition coefficient (Wildman–Crippen LogP) is 2.25. The molecule has 0 unspecified atom stereocenters. The minimum Gasteiger partial charge on any atom is -0.506 e. The normalized spacial score (nSPS) is 10.4. The lowest BCUT2D eigenvalue weighted by molar-refractivity contribution is 0.282. The van der Waals surface area contributed by atoms with E-state index < -0.39 is 0 Å². The van der Waals surface area contributed by atoms with Crippen LogP contribution in [0.4, 0.5) is 0 Å². The summed E-state index contributed by atoms with van der Waals surface area (Å²) in [6.07, 6.45) is 0. The number of aryl methyl sites for hydroxylation is 1. The SMILES string of the molecule is Cc1nc(-c2ccccc2CO)ccc1O. The summed E-state index contributed by atoms with van der Waals surface area (Å²) < 4.78 is 0. The van der Waals surface area contributed by atoms with E-state index in [0.29, 0.717) is 5.69 Å². The number of nitrogens with zero attached hydrogens (tertiary/aromatic N) is 1. The van der Waals surface area contributed by atoms with E-state index >= 15 is 0 Å². The lowest BCUT2D eigenvalue weighted by Crippen LogP contribution is -1.92. The smallest absolute Gasteiger partial charge is 0.136 e. The molecule has 0 atom stereocenters. The molecule has 2 N–H and O–H groups in total. The molecule has 0 amide bonds. The van der Waals surface area contributed by atoms with Crippen LogP contribution in [-0.2, 0) is 6.61 Å². The summed E-state index contributed by atoms with van der Waals surface area (Å²) in [4.78, 5) is 4.29. The molecule has 3 nitrogen and oxygen atoms in total. The highest BCUT2D eigenvalue weighted by Crippen LogP contribution is 2.24. The maximum absolute atomic E-state index is 9.41. The van der Waals surface area contributed by atoms with Crippen LogP contribution in [0.2, 0.25) is 0 Å². The van der Waals surface area contributed by atoms with Crippen molar-refractivity contribution in [3.05, 3.63) is 47.7 Å². The first-order valence-electron chi connectivity index (χ1n) is 5.08. The number of aliphatic hydroxyl groups excluding tert-OH is 1. The second kappa shape index (κ2) is 4.33. The van der Waals surface area contributed by atoms with Crippen molar-refractivity contribution in [2.24, 2.45) is 0 Å². The van der Waals surface area contributed by atoms with Crippen molar-refractivity contribution < 1.29 is 10.2 Å². The summed E-state index contributed by atoms with van der Waals surface area (Å²) in [6, 6.07) is 10.9. The summed E-state index contributed by atoms with van der Waals surface area (Å²) in [7, 11) is 0. The molecule has 0 aliphatic rings. The summed E-state index contributed by atoms with van der Waals surface area (Å²) in [5, 5.41) is 18.6. The Bertz CT molecular complexity index is 509. The molecule has 0 aliphatic carbocycles. The first-order valence-corrected chi connectivity index (χ1v) is 5.08. The van der Waals surface area contributed by atoms with Gasteiger partial charge in [0.05, 0.1) is 18.0 Å². The highest BCUT2D eigenvalue weighted by molar-refractivity contribution is 5.64. The van der Waals surface area contributed by atoms with Crippen molar-refractivity contribution in [2.75, 3.05) is 0 Å². The summed E-state index contributed by atoms with van der Waals surface area (Å²) in [6.45, 7) is 1.73. The Morgan fingerprint density at radius 1 is 1.12 bits per heavy atom. The fourth-order valence-corrected chi connectivity index (χ4v) is 1.61. The fraction of sp³-hybridized carbons (Fsp3) is 0.154. The molecular formula is C13H13NO2. The van der Waals surface area contributed by atoms with Gasteiger partial charge < -0.3 is 10.2 Å². The molecule has 0 spiro atoms. The van der Waals surface area contributed by atoms with Crippen LogP contribution in [0.25, 0.3) is 11.3 Å². The molecule has 0 aliphatic heterocycles. The van der Waals surface area contributed by atoms with Crippen LogP contribution in [-0.4, -0.2) is 15.2 Å². The van der Waals surface area contributed by atoms with Gasteiger partial charge in [0.2, 0.25) is 0 Å². The minimum atomic E-state index is -0.0161. The molecule has 0 fully saturated rings. The summed E-state index contributed by atoms with van der Waals surface area (Å²) >= 11 is 0. The number of rotatable bonds is 2. The van der Waals surface area contributed by atoms with Crippen LogP contribution in [0, 0.1) is 6.92 Å². The number of hydrogen-bond donors (Lipinski definition) is 2. The van der Waals surface area contributed by atoms with Gasteiger partial charge in [0.1, 0.15) is 5.75 Å². The standard InChI is InChI=1S/C13H13NO2/c1-9-13(16)7-6-12(14-9)11-5-3-2-4-10(11)8-15/h2-7,15-16H,8H2,1H3. The molecule has 2 rings (SSSR count). The van der Waals surface area contributed by atoms with E-state index in [-0.39, 0.29) is 12.4 Å². The highest BCUT2D eigenvalue weighted by atomic mass is 16.3. The Morgan fingerprint density at radius 2 is 1.88 bits per heavy atom. The first kappa shape index (κ1) is 10.6. The molecule has 1 aromatic heterocycles. The average molecular weight is 215 g/mol. The van der Waals surface area contributed by atoms with Gasteiger partial charge in [0.15, 0.2) is 0 Å². The van der Waals surface area contributed by atoms with Crippen molar-refractivity contribution in [3.63, 3.8) is 0 Å². The van der Waals surface area contributed by atoms with Crippen LogP contribution in [0.1, 0.15) is 11.3 Å². The summed E-state index contributed by atoms with van der Waals surface area (Å²) in [5.41, 5.74) is 3.08. The van der Waals surface area contributed by atoms with Crippen LogP contribution in [0.15, 0.2) is 36.4 Å². The molecule has 0 saturated heterocycles. The Labute approximate surface area is 94.0 Å². The van der Waals surface area contributed by atoms with Gasteiger partial charge in [0, 0.05) is 5.56 Å². The van der Waals surface area contributed by atoms with E-state index in [1.54, 1.807) is 19.1 Å². The number of aromatic hydroxyl groups is 1. The van der Waals surface area contributed by atoms with Crippen molar-refractivity contribution >= 4 is 0 Å². The monoisotopic (exact) mass is 215 g/mol. The quantitative estimate of drug-likeness (QED) is 0.807. The van der Waals surface area contributed by atoms with E-state index in [4.69, 9.17) is 0 Å². The molecule has 1 aromatic carbocycles. The predicted molar refractivity (Wildman–Crippen MR) is 62.0 cm³/mol. The second-order valence-corrected chi connectivity index (χ2v) is 3.62. The van der Waals surface area contributed by atoms with Gasteiger partial charge in [-0.2, -0.15) is 0 Å². The van der Waals surface area contributed by atoms with Gasteiger partial charge in [0.25, 0.3) is 0 Å². The zero-order chi connectivity index (χ0) is 11.5. The number of aromatic nitrogens is 1. The van der Waals surface area contributed by atoms with Crippen LogP contribution >= 0.6 is 0 Å². The molecule has 0 bridgehead atoms. The number of benzene rings is 1. The van der Waals surface area contributed by atoms with Gasteiger partial charge in [-0.15, -0.1) is 0 Å². The topological polar surface area (TPSA) is 53.4 Å².